The fraction of sp³-hybridized carbons (Fsp3) is 0.400. The normalized spacial score (nSPS) is 27.0. The van der Waals surface area contributed by atoms with Crippen molar-refractivity contribution in [3.8, 4) is 23.0 Å². The molecule has 0 fully saturated rings. The Morgan fingerprint density at radius 2 is 1.19 bits per heavy atom. The summed E-state index contributed by atoms with van der Waals surface area (Å²) < 4.78 is 23.4. The van der Waals surface area contributed by atoms with Gasteiger partial charge < -0.3 is 29.2 Å². The predicted octanol–water partition coefficient (Wildman–Crippen LogP) is 3.19. The number of methoxy groups -OCH3 is 2. The third-order valence-corrected chi connectivity index (χ3v) is 5.30. The zero-order valence-corrected chi connectivity index (χ0v) is 14.7. The number of aromatic hydroxyl groups is 2. The molecule has 0 unspecified atom stereocenters. The van der Waals surface area contributed by atoms with E-state index in [1.807, 2.05) is 0 Å². The number of rotatable bonds is 3. The summed E-state index contributed by atoms with van der Waals surface area (Å²) in [6.45, 7) is 0.913. The van der Waals surface area contributed by atoms with E-state index >= 15 is 0 Å². The maximum atomic E-state index is 9.87. The molecule has 6 heteroatoms. The Morgan fingerprint density at radius 3 is 1.58 bits per heavy atom. The minimum absolute atomic E-state index is 0.0326. The summed E-state index contributed by atoms with van der Waals surface area (Å²) in [5.41, 5.74) is 1.64. The van der Waals surface area contributed by atoms with Crippen molar-refractivity contribution in [1.29, 1.82) is 0 Å². The summed E-state index contributed by atoms with van der Waals surface area (Å²) in [5.74, 6) is 1.72. The predicted molar refractivity (Wildman–Crippen MR) is 93.7 cm³/mol. The van der Waals surface area contributed by atoms with Crippen LogP contribution >= 0.6 is 0 Å². The number of hydrogen-bond acceptors (Lipinski definition) is 6. The van der Waals surface area contributed by atoms with Crippen LogP contribution in [0, 0.1) is 11.8 Å². The van der Waals surface area contributed by atoms with Crippen molar-refractivity contribution in [1.82, 2.24) is 0 Å². The topological polar surface area (TPSA) is 77.4 Å². The molecule has 2 N–H and O–H groups in total. The van der Waals surface area contributed by atoms with Crippen LogP contribution in [0.4, 0.5) is 0 Å². The summed E-state index contributed by atoms with van der Waals surface area (Å²) in [5, 5.41) is 19.7. The number of hydrogen-bond donors (Lipinski definition) is 2. The van der Waals surface area contributed by atoms with E-state index in [0.29, 0.717) is 13.2 Å². The molecule has 0 bridgehead atoms. The maximum absolute atomic E-state index is 9.87. The van der Waals surface area contributed by atoms with Gasteiger partial charge in [0.15, 0.2) is 0 Å². The Labute approximate surface area is 151 Å². The number of phenols is 2. The lowest BCUT2D eigenvalue weighted by Crippen LogP contribution is -2.41. The first-order valence-electron chi connectivity index (χ1n) is 8.59. The second-order valence-electron chi connectivity index (χ2n) is 6.71. The lowest BCUT2D eigenvalue weighted by atomic mass is 9.77. The fourth-order valence-electron chi connectivity index (χ4n) is 4.09. The molecule has 0 aliphatic carbocycles. The fourth-order valence-corrected chi connectivity index (χ4v) is 4.09. The zero-order chi connectivity index (χ0) is 18.3. The van der Waals surface area contributed by atoms with Gasteiger partial charge in [-0.3, -0.25) is 0 Å². The molecule has 4 atom stereocenters. The number of fused-ring (bicyclic) bond motifs is 2. The second-order valence-corrected chi connectivity index (χ2v) is 6.71. The van der Waals surface area contributed by atoms with Gasteiger partial charge in [0, 0.05) is 37.2 Å². The summed E-state index contributed by atoms with van der Waals surface area (Å²) in [6, 6.07) is 10.1. The van der Waals surface area contributed by atoms with Gasteiger partial charge in [0.1, 0.15) is 23.0 Å². The zero-order valence-electron chi connectivity index (χ0n) is 14.7. The Balaban J connectivity index is 1.70. The highest BCUT2D eigenvalue weighted by Crippen LogP contribution is 2.49. The van der Waals surface area contributed by atoms with E-state index < -0.39 is 0 Å². The molecule has 2 aliphatic heterocycles. The van der Waals surface area contributed by atoms with Crippen molar-refractivity contribution < 1.29 is 29.2 Å². The molecule has 0 aromatic heterocycles. The molecule has 0 radical (unpaired) electrons. The van der Waals surface area contributed by atoms with Crippen molar-refractivity contribution >= 4 is 0 Å². The van der Waals surface area contributed by atoms with Gasteiger partial charge in [-0.1, -0.05) is 0 Å². The Kier molecular flexibility index (Phi) is 4.38. The standard InChI is InChI=1S/C20H22O6/c1-23-19-13-7-11(21)3-5-17(13)25-9-15(19)16-10-26-18-6-4-12(22)8-14(18)20(16)24-2/h3-8,15-16,19-22H,9-10H2,1-2H3/t15-,16+,19+,20-. The summed E-state index contributed by atoms with van der Waals surface area (Å²) in [6.07, 6.45) is -0.507. The van der Waals surface area contributed by atoms with E-state index in [1.165, 1.54) is 0 Å². The van der Waals surface area contributed by atoms with Crippen LogP contribution in [-0.4, -0.2) is 37.6 Å². The smallest absolute Gasteiger partial charge is 0.125 e. The Morgan fingerprint density at radius 1 is 0.769 bits per heavy atom. The molecule has 6 nitrogen and oxygen atoms in total. The van der Waals surface area contributed by atoms with Crippen molar-refractivity contribution in [3.05, 3.63) is 47.5 Å². The van der Waals surface area contributed by atoms with Gasteiger partial charge in [-0.05, 0) is 36.4 Å². The first kappa shape index (κ1) is 17.0. The van der Waals surface area contributed by atoms with E-state index in [-0.39, 0.29) is 35.5 Å². The van der Waals surface area contributed by atoms with E-state index in [0.717, 1.165) is 22.6 Å². The molecule has 0 saturated heterocycles. The molecular formula is C20H22O6. The van der Waals surface area contributed by atoms with Crippen LogP contribution in [0.15, 0.2) is 36.4 Å². The SMILES string of the molecule is CO[C@@H]1c2cc(O)ccc2OC[C@H]1[C@H]1COc2ccc(O)cc2[C@@H]1OC. The Bertz CT molecular complexity index is 737. The third kappa shape index (κ3) is 2.75. The van der Waals surface area contributed by atoms with Crippen LogP contribution in [0.3, 0.4) is 0 Å². The Hall–Kier alpha value is -2.44. The quantitative estimate of drug-likeness (QED) is 0.877. The van der Waals surface area contributed by atoms with Gasteiger partial charge >= 0.3 is 0 Å². The van der Waals surface area contributed by atoms with Crippen molar-refractivity contribution in [3.63, 3.8) is 0 Å². The van der Waals surface area contributed by atoms with Gasteiger partial charge in [0.05, 0.1) is 25.4 Å². The van der Waals surface area contributed by atoms with Crippen molar-refractivity contribution in [2.45, 2.75) is 12.2 Å². The molecule has 2 aliphatic rings. The van der Waals surface area contributed by atoms with Crippen LogP contribution in [0.1, 0.15) is 23.3 Å². The molecule has 4 rings (SSSR count). The van der Waals surface area contributed by atoms with Crippen LogP contribution in [0.25, 0.3) is 0 Å². The molecule has 0 spiro atoms. The molecule has 2 aromatic carbocycles. The van der Waals surface area contributed by atoms with E-state index in [9.17, 15) is 10.2 Å². The van der Waals surface area contributed by atoms with E-state index in [1.54, 1.807) is 50.6 Å². The second kappa shape index (κ2) is 6.70. The van der Waals surface area contributed by atoms with Gasteiger partial charge in [-0.15, -0.1) is 0 Å². The minimum Gasteiger partial charge on any atom is -0.508 e. The minimum atomic E-state index is -0.254. The highest BCUT2D eigenvalue weighted by Gasteiger charge is 2.44. The van der Waals surface area contributed by atoms with Gasteiger partial charge in [-0.25, -0.2) is 0 Å². The maximum Gasteiger partial charge on any atom is 0.125 e. The third-order valence-electron chi connectivity index (χ3n) is 5.30. The highest BCUT2D eigenvalue weighted by atomic mass is 16.5. The largest absolute Gasteiger partial charge is 0.508 e. The van der Waals surface area contributed by atoms with Gasteiger partial charge in [0.25, 0.3) is 0 Å². The van der Waals surface area contributed by atoms with Gasteiger partial charge in [-0.2, -0.15) is 0 Å². The molecule has 0 amide bonds. The van der Waals surface area contributed by atoms with Crippen LogP contribution < -0.4 is 9.47 Å². The number of phenolic OH excluding ortho intramolecular Hbond substituents is 2. The highest BCUT2D eigenvalue weighted by molar-refractivity contribution is 5.45. The lowest BCUT2D eigenvalue weighted by molar-refractivity contribution is -0.0815. The molecule has 2 heterocycles. The number of benzene rings is 2. The number of ether oxygens (including phenoxy) is 4. The first-order valence-corrected chi connectivity index (χ1v) is 8.59. The molecular weight excluding hydrogens is 336 g/mol. The monoisotopic (exact) mass is 358 g/mol. The summed E-state index contributed by atoms with van der Waals surface area (Å²) in [7, 11) is 3.31. The van der Waals surface area contributed by atoms with Crippen LogP contribution in [0.2, 0.25) is 0 Å². The lowest BCUT2D eigenvalue weighted by Gasteiger charge is -2.42. The first-order chi connectivity index (χ1) is 12.6. The van der Waals surface area contributed by atoms with Crippen LogP contribution in [-0.2, 0) is 9.47 Å². The van der Waals surface area contributed by atoms with Crippen LogP contribution in [0.5, 0.6) is 23.0 Å². The molecule has 2 aromatic rings. The molecule has 138 valence electrons. The molecule has 26 heavy (non-hydrogen) atoms. The summed E-state index contributed by atoms with van der Waals surface area (Å²) >= 11 is 0. The van der Waals surface area contributed by atoms with Crippen molar-refractivity contribution in [2.75, 3.05) is 27.4 Å². The average Bonchev–Trinajstić information content (AvgIpc) is 2.65. The average molecular weight is 358 g/mol. The molecule has 0 saturated carbocycles. The van der Waals surface area contributed by atoms with Crippen molar-refractivity contribution in [2.24, 2.45) is 11.8 Å². The summed E-state index contributed by atoms with van der Waals surface area (Å²) in [4.78, 5) is 0. The van der Waals surface area contributed by atoms with E-state index in [4.69, 9.17) is 18.9 Å². The van der Waals surface area contributed by atoms with Gasteiger partial charge in [0.2, 0.25) is 0 Å². The van der Waals surface area contributed by atoms with E-state index in [2.05, 4.69) is 0 Å².